The summed E-state index contributed by atoms with van der Waals surface area (Å²) in [6.45, 7) is 2.51. The summed E-state index contributed by atoms with van der Waals surface area (Å²) in [6.07, 6.45) is 1.92. The van der Waals surface area contributed by atoms with E-state index in [0.717, 1.165) is 16.5 Å². The molecule has 0 spiro atoms. The third kappa shape index (κ3) is 2.37. The van der Waals surface area contributed by atoms with Gasteiger partial charge in [0.05, 0.1) is 11.6 Å². The van der Waals surface area contributed by atoms with Crippen molar-refractivity contribution in [2.24, 2.45) is 5.92 Å². The maximum Gasteiger partial charge on any atom is 0.264 e. The number of hydrogen-bond donors (Lipinski definition) is 1. The van der Waals surface area contributed by atoms with Gasteiger partial charge in [-0.2, -0.15) is 0 Å². The van der Waals surface area contributed by atoms with E-state index >= 15 is 0 Å². The monoisotopic (exact) mass is 413 g/mol. The molecule has 1 aliphatic heterocycles. The molecule has 1 aliphatic carbocycles. The lowest BCUT2D eigenvalue weighted by atomic mass is 9.71. The van der Waals surface area contributed by atoms with Gasteiger partial charge in [0.1, 0.15) is 0 Å². The zero-order valence-electron chi connectivity index (χ0n) is 14.5. The van der Waals surface area contributed by atoms with Crippen LogP contribution < -0.4 is 4.90 Å². The van der Waals surface area contributed by atoms with Gasteiger partial charge in [0.25, 0.3) is 5.91 Å². The number of hydrogen-bond acceptors (Lipinski definition) is 3. The molecule has 5 heteroatoms. The Hall–Kier alpha value is -1.98. The number of carbonyl (C=O) groups is 2. The van der Waals surface area contributed by atoms with Crippen LogP contribution in [0.2, 0.25) is 0 Å². The summed E-state index contributed by atoms with van der Waals surface area (Å²) in [4.78, 5) is 28.0. The third-order valence-corrected chi connectivity index (χ3v) is 5.98. The summed E-state index contributed by atoms with van der Waals surface area (Å²) in [7, 11) is 0. The molecule has 0 bridgehead atoms. The fourth-order valence-electron chi connectivity index (χ4n) is 4.26. The zero-order chi connectivity index (χ0) is 18.5. The summed E-state index contributed by atoms with van der Waals surface area (Å²) >= 11 is 3.43. The van der Waals surface area contributed by atoms with Crippen molar-refractivity contribution in [2.45, 2.75) is 31.8 Å². The predicted molar refractivity (Wildman–Crippen MR) is 103 cm³/mol. The molecular formula is C21H20BrNO3. The number of ketones is 1. The number of Topliss-reactive ketones (excluding diaryl/α,β-unsaturated/α-hetero) is 1. The van der Waals surface area contributed by atoms with E-state index in [1.54, 1.807) is 17.0 Å². The average Bonchev–Trinajstić information content (AvgIpc) is 2.85. The average molecular weight is 414 g/mol. The van der Waals surface area contributed by atoms with E-state index in [9.17, 15) is 14.7 Å². The zero-order valence-corrected chi connectivity index (χ0v) is 16.1. The van der Waals surface area contributed by atoms with Crippen molar-refractivity contribution in [2.75, 3.05) is 11.4 Å². The normalized spacial score (nSPS) is 24.6. The number of aryl methyl sites for hydroxylation is 1. The van der Waals surface area contributed by atoms with Gasteiger partial charge in [-0.15, -0.1) is 0 Å². The van der Waals surface area contributed by atoms with Crippen LogP contribution in [0, 0.1) is 5.92 Å². The number of amides is 1. The summed E-state index contributed by atoms with van der Waals surface area (Å²) in [5, 5.41) is 11.6. The standard InChI is InChI=1S/C21H20BrNO3/c1-2-11-23-18-10-8-14(22)12-17(18)21(26,20(23)25)16-9-7-13-5-3-4-6-15(13)19(16)24/h3-6,8,10,12,16,26H,2,7,9,11H2,1H3/t16-,21-/m0/s1. The lowest BCUT2D eigenvalue weighted by Gasteiger charge is -2.34. The molecule has 0 fully saturated rings. The Labute approximate surface area is 161 Å². The number of rotatable bonds is 3. The molecule has 0 unspecified atom stereocenters. The minimum Gasteiger partial charge on any atom is -0.375 e. The van der Waals surface area contributed by atoms with Crippen LogP contribution in [0.25, 0.3) is 0 Å². The number of halogens is 1. The summed E-state index contributed by atoms with van der Waals surface area (Å²) in [6, 6.07) is 12.9. The molecule has 1 amide bonds. The lowest BCUT2D eigenvalue weighted by molar-refractivity contribution is -0.140. The van der Waals surface area contributed by atoms with Crippen LogP contribution in [0.4, 0.5) is 5.69 Å². The maximum atomic E-state index is 13.3. The molecule has 2 aliphatic rings. The number of nitrogens with zero attached hydrogens (tertiary/aromatic N) is 1. The van der Waals surface area contributed by atoms with Crippen molar-refractivity contribution in [1.82, 2.24) is 0 Å². The van der Waals surface area contributed by atoms with Crippen LogP contribution in [0.3, 0.4) is 0 Å². The van der Waals surface area contributed by atoms with Gasteiger partial charge in [0.2, 0.25) is 0 Å². The highest BCUT2D eigenvalue weighted by atomic mass is 79.9. The number of carbonyl (C=O) groups excluding carboxylic acids is 2. The molecule has 1 heterocycles. The fourth-order valence-corrected chi connectivity index (χ4v) is 4.62. The number of benzene rings is 2. The summed E-state index contributed by atoms with van der Waals surface area (Å²) in [5.41, 5.74) is 1.04. The Morgan fingerprint density at radius 3 is 2.77 bits per heavy atom. The minimum atomic E-state index is -1.81. The van der Waals surface area contributed by atoms with Crippen LogP contribution in [0.1, 0.15) is 41.3 Å². The van der Waals surface area contributed by atoms with Crippen molar-refractivity contribution < 1.29 is 14.7 Å². The fraction of sp³-hybridized carbons (Fsp3) is 0.333. The Balaban J connectivity index is 1.85. The molecule has 4 rings (SSSR count). The smallest absolute Gasteiger partial charge is 0.264 e. The van der Waals surface area contributed by atoms with Crippen molar-refractivity contribution in [3.05, 3.63) is 63.6 Å². The molecule has 1 N–H and O–H groups in total. The van der Waals surface area contributed by atoms with Gasteiger partial charge >= 0.3 is 0 Å². The molecule has 26 heavy (non-hydrogen) atoms. The quantitative estimate of drug-likeness (QED) is 0.831. The highest BCUT2D eigenvalue weighted by Gasteiger charge is 2.57. The number of fused-ring (bicyclic) bond motifs is 2. The molecule has 0 saturated heterocycles. The second-order valence-electron chi connectivity index (χ2n) is 7.00. The summed E-state index contributed by atoms with van der Waals surface area (Å²) in [5.74, 6) is -1.29. The van der Waals surface area contributed by atoms with Crippen LogP contribution in [0.5, 0.6) is 0 Å². The van der Waals surface area contributed by atoms with Gasteiger partial charge in [-0.25, -0.2) is 0 Å². The van der Waals surface area contributed by atoms with Crippen molar-refractivity contribution in [3.8, 4) is 0 Å². The van der Waals surface area contributed by atoms with E-state index in [4.69, 9.17) is 0 Å². The maximum absolute atomic E-state index is 13.3. The largest absolute Gasteiger partial charge is 0.375 e. The van der Waals surface area contributed by atoms with E-state index in [2.05, 4.69) is 15.9 Å². The molecule has 2 atom stereocenters. The topological polar surface area (TPSA) is 57.6 Å². The molecule has 2 aromatic carbocycles. The third-order valence-electron chi connectivity index (χ3n) is 5.48. The molecule has 0 aromatic heterocycles. The van der Waals surface area contributed by atoms with Crippen molar-refractivity contribution >= 4 is 33.3 Å². The van der Waals surface area contributed by atoms with Gasteiger partial charge in [-0.3, -0.25) is 9.59 Å². The van der Waals surface area contributed by atoms with Crippen LogP contribution in [-0.2, 0) is 16.8 Å². The van der Waals surface area contributed by atoms with E-state index in [0.29, 0.717) is 36.2 Å². The minimum absolute atomic E-state index is 0.146. The van der Waals surface area contributed by atoms with E-state index in [1.807, 2.05) is 37.3 Å². The molecule has 4 nitrogen and oxygen atoms in total. The number of aliphatic hydroxyl groups is 1. The number of anilines is 1. The second kappa shape index (κ2) is 6.32. The van der Waals surface area contributed by atoms with E-state index in [-0.39, 0.29) is 11.7 Å². The first-order chi connectivity index (χ1) is 12.5. The van der Waals surface area contributed by atoms with Crippen LogP contribution in [-0.4, -0.2) is 23.3 Å². The first-order valence-corrected chi connectivity index (χ1v) is 9.74. The first-order valence-electron chi connectivity index (χ1n) is 8.95. The Kier molecular flexibility index (Phi) is 4.24. The molecule has 134 valence electrons. The molecule has 0 saturated carbocycles. The molecule has 0 radical (unpaired) electrons. The predicted octanol–water partition coefficient (Wildman–Crippen LogP) is 3.84. The highest BCUT2D eigenvalue weighted by Crippen LogP contribution is 2.49. The molecular weight excluding hydrogens is 394 g/mol. The second-order valence-corrected chi connectivity index (χ2v) is 7.91. The highest BCUT2D eigenvalue weighted by molar-refractivity contribution is 9.10. The van der Waals surface area contributed by atoms with Crippen molar-refractivity contribution in [3.63, 3.8) is 0 Å². The van der Waals surface area contributed by atoms with Gasteiger partial charge in [-0.05, 0) is 43.0 Å². The first kappa shape index (κ1) is 17.4. The van der Waals surface area contributed by atoms with Crippen molar-refractivity contribution in [1.29, 1.82) is 0 Å². The van der Waals surface area contributed by atoms with Crippen LogP contribution in [0.15, 0.2) is 46.9 Å². The van der Waals surface area contributed by atoms with Gasteiger partial charge in [0.15, 0.2) is 11.4 Å². The van der Waals surface area contributed by atoms with Gasteiger partial charge in [-0.1, -0.05) is 47.1 Å². The van der Waals surface area contributed by atoms with E-state index < -0.39 is 11.5 Å². The Bertz CT molecular complexity index is 910. The molecule has 2 aromatic rings. The summed E-state index contributed by atoms with van der Waals surface area (Å²) < 4.78 is 0.782. The SMILES string of the molecule is CCCN1C(=O)[C@](O)([C@H]2CCc3ccccc3C2=O)c2cc(Br)ccc21. The van der Waals surface area contributed by atoms with E-state index in [1.165, 1.54) is 0 Å². The van der Waals surface area contributed by atoms with Crippen LogP contribution >= 0.6 is 15.9 Å². The Morgan fingerprint density at radius 1 is 1.23 bits per heavy atom. The lowest BCUT2D eigenvalue weighted by Crippen LogP contribution is -2.49. The Morgan fingerprint density at radius 2 is 2.00 bits per heavy atom. The van der Waals surface area contributed by atoms with Gasteiger partial charge < -0.3 is 10.0 Å². The van der Waals surface area contributed by atoms with Gasteiger partial charge in [0, 0.05) is 22.1 Å².